The highest BCUT2D eigenvalue weighted by atomic mass is 16.6. The lowest BCUT2D eigenvalue weighted by atomic mass is 10.1. The smallest absolute Gasteiger partial charge is 0.253 e. The summed E-state index contributed by atoms with van der Waals surface area (Å²) in [4.78, 5) is 14.5. The molecule has 4 rings (SSSR count). The average Bonchev–Trinajstić information content (AvgIpc) is 2.78. The van der Waals surface area contributed by atoms with Crippen LogP contribution in [0.15, 0.2) is 78.9 Å². The van der Waals surface area contributed by atoms with Crippen LogP contribution in [0.4, 0.5) is 0 Å². The number of carbonyl (C=O) groups excluding carboxylic acids is 1. The van der Waals surface area contributed by atoms with Gasteiger partial charge in [0.1, 0.15) is 19.0 Å². The summed E-state index contributed by atoms with van der Waals surface area (Å²) in [5.41, 5.74) is 1.66. The maximum Gasteiger partial charge on any atom is 0.253 e. The van der Waals surface area contributed by atoms with Gasteiger partial charge in [-0.2, -0.15) is 0 Å². The van der Waals surface area contributed by atoms with Crippen molar-refractivity contribution >= 4 is 5.91 Å². The number of nitrogens with zero attached hydrogens (tertiary/aromatic N) is 1. The van der Waals surface area contributed by atoms with E-state index in [1.807, 2.05) is 66.7 Å². The Bertz CT molecular complexity index is 973. The molecule has 0 aromatic heterocycles. The van der Waals surface area contributed by atoms with E-state index in [9.17, 15) is 4.79 Å². The lowest BCUT2D eigenvalue weighted by Gasteiger charge is -2.29. The summed E-state index contributed by atoms with van der Waals surface area (Å²) >= 11 is 0. The minimum absolute atomic E-state index is 0.0855. The number of amides is 1. The average molecular weight is 389 g/mol. The van der Waals surface area contributed by atoms with Crippen molar-refractivity contribution in [3.8, 4) is 17.2 Å². The van der Waals surface area contributed by atoms with Gasteiger partial charge in [0.25, 0.3) is 5.91 Å². The van der Waals surface area contributed by atoms with Gasteiger partial charge < -0.3 is 19.1 Å². The molecule has 5 heteroatoms. The van der Waals surface area contributed by atoms with Gasteiger partial charge >= 0.3 is 0 Å². The van der Waals surface area contributed by atoms with E-state index in [0.29, 0.717) is 36.8 Å². The summed E-state index contributed by atoms with van der Waals surface area (Å²) < 4.78 is 17.5. The summed E-state index contributed by atoms with van der Waals surface area (Å²) in [6, 6.07) is 24.7. The first-order valence-electron chi connectivity index (χ1n) is 9.60. The van der Waals surface area contributed by atoms with Crippen molar-refractivity contribution in [1.82, 2.24) is 4.90 Å². The fourth-order valence-corrected chi connectivity index (χ4v) is 3.22. The summed E-state index contributed by atoms with van der Waals surface area (Å²) in [6.45, 7) is 1.30. The van der Waals surface area contributed by atoms with Gasteiger partial charge in [0, 0.05) is 12.6 Å². The zero-order valence-corrected chi connectivity index (χ0v) is 16.3. The van der Waals surface area contributed by atoms with Crippen LogP contribution in [0.3, 0.4) is 0 Å². The Hall–Kier alpha value is -3.47. The van der Waals surface area contributed by atoms with Crippen LogP contribution in [0, 0.1) is 0 Å². The molecule has 1 atom stereocenters. The summed E-state index contributed by atoms with van der Waals surface area (Å²) in [6.07, 6.45) is -0.212. The zero-order valence-electron chi connectivity index (χ0n) is 16.3. The van der Waals surface area contributed by atoms with Crippen molar-refractivity contribution in [1.29, 1.82) is 0 Å². The lowest BCUT2D eigenvalue weighted by molar-refractivity contribution is 0.0520. The summed E-state index contributed by atoms with van der Waals surface area (Å²) in [5.74, 6) is 2.03. The van der Waals surface area contributed by atoms with Gasteiger partial charge in [0.2, 0.25) is 0 Å². The zero-order chi connectivity index (χ0) is 20.1. The van der Waals surface area contributed by atoms with Crippen LogP contribution in [0.2, 0.25) is 0 Å². The number of ether oxygens (including phenoxy) is 3. The number of rotatable bonds is 6. The number of benzene rings is 3. The fraction of sp³-hybridized carbons (Fsp3) is 0.208. The second kappa shape index (κ2) is 8.69. The van der Waals surface area contributed by atoms with Crippen LogP contribution in [0.5, 0.6) is 17.2 Å². The van der Waals surface area contributed by atoms with E-state index < -0.39 is 0 Å². The maximum atomic E-state index is 12.9. The molecule has 1 unspecified atom stereocenters. The van der Waals surface area contributed by atoms with E-state index in [1.54, 1.807) is 24.1 Å². The molecule has 0 radical (unpaired) electrons. The Kier molecular flexibility index (Phi) is 5.66. The Morgan fingerprint density at radius 1 is 1.00 bits per heavy atom. The van der Waals surface area contributed by atoms with Gasteiger partial charge in [-0.05, 0) is 35.9 Å². The largest absolute Gasteiger partial charge is 0.489 e. The monoisotopic (exact) mass is 389 g/mol. The van der Waals surface area contributed by atoms with E-state index in [1.165, 1.54) is 0 Å². The molecular weight excluding hydrogens is 366 g/mol. The van der Waals surface area contributed by atoms with Gasteiger partial charge in [-0.25, -0.2) is 0 Å². The summed E-state index contributed by atoms with van der Waals surface area (Å²) in [5, 5.41) is 0. The lowest BCUT2D eigenvalue weighted by Crippen LogP contribution is -2.41. The van der Waals surface area contributed by atoms with Gasteiger partial charge in [-0.15, -0.1) is 0 Å². The van der Waals surface area contributed by atoms with Crippen molar-refractivity contribution < 1.29 is 19.0 Å². The van der Waals surface area contributed by atoms with Gasteiger partial charge in [0.05, 0.1) is 6.54 Å². The van der Waals surface area contributed by atoms with Crippen molar-refractivity contribution in [3.63, 3.8) is 0 Å². The van der Waals surface area contributed by atoms with Crippen LogP contribution in [0.1, 0.15) is 15.9 Å². The number of para-hydroxylation sites is 2. The molecule has 0 saturated heterocycles. The predicted molar refractivity (Wildman–Crippen MR) is 111 cm³/mol. The van der Waals surface area contributed by atoms with Crippen LogP contribution < -0.4 is 14.2 Å². The molecule has 0 saturated carbocycles. The highest BCUT2D eigenvalue weighted by Crippen LogP contribution is 2.31. The van der Waals surface area contributed by atoms with E-state index in [0.717, 1.165) is 11.3 Å². The van der Waals surface area contributed by atoms with Crippen LogP contribution >= 0.6 is 0 Å². The normalized spacial score (nSPS) is 14.9. The number of hydrogen-bond acceptors (Lipinski definition) is 4. The molecule has 3 aromatic carbocycles. The van der Waals surface area contributed by atoms with Crippen LogP contribution in [-0.2, 0) is 6.61 Å². The molecule has 0 bridgehead atoms. The molecule has 0 spiro atoms. The van der Waals surface area contributed by atoms with E-state index in [4.69, 9.17) is 14.2 Å². The Morgan fingerprint density at radius 2 is 1.76 bits per heavy atom. The van der Waals surface area contributed by atoms with Gasteiger partial charge in [-0.3, -0.25) is 4.79 Å². The standard InChI is InChI=1S/C24H23NO4/c1-25(15-21-17-28-22-12-5-6-13-23(22)29-21)24(26)19-10-7-11-20(14-19)27-16-18-8-3-2-4-9-18/h2-14,21H,15-17H2,1H3. The molecule has 1 aliphatic rings. The third kappa shape index (κ3) is 4.69. The number of likely N-dealkylation sites (N-methyl/N-ethyl adjacent to an activating group) is 1. The van der Waals surface area contributed by atoms with Gasteiger partial charge in [-0.1, -0.05) is 48.5 Å². The molecule has 1 amide bonds. The molecular formula is C24H23NO4. The Morgan fingerprint density at radius 3 is 2.59 bits per heavy atom. The second-order valence-corrected chi connectivity index (χ2v) is 6.99. The molecule has 0 fully saturated rings. The summed E-state index contributed by atoms with van der Waals surface area (Å²) in [7, 11) is 1.77. The third-order valence-corrected chi connectivity index (χ3v) is 4.72. The number of carbonyl (C=O) groups is 1. The van der Waals surface area contributed by atoms with E-state index in [-0.39, 0.29) is 12.0 Å². The SMILES string of the molecule is CN(CC1COc2ccccc2O1)C(=O)c1cccc(OCc2ccccc2)c1. The molecule has 29 heavy (non-hydrogen) atoms. The van der Waals surface area contributed by atoms with Gasteiger partial charge in [0.15, 0.2) is 17.6 Å². The highest BCUT2D eigenvalue weighted by Gasteiger charge is 2.24. The minimum Gasteiger partial charge on any atom is -0.489 e. The molecule has 1 heterocycles. The van der Waals surface area contributed by atoms with Crippen molar-refractivity contribution in [2.24, 2.45) is 0 Å². The first-order valence-corrected chi connectivity index (χ1v) is 9.60. The fourth-order valence-electron chi connectivity index (χ4n) is 3.22. The minimum atomic E-state index is -0.212. The van der Waals surface area contributed by atoms with E-state index >= 15 is 0 Å². The second-order valence-electron chi connectivity index (χ2n) is 6.99. The predicted octanol–water partition coefficient (Wildman–Crippen LogP) is 4.18. The van der Waals surface area contributed by atoms with Crippen molar-refractivity contribution in [2.45, 2.75) is 12.7 Å². The van der Waals surface area contributed by atoms with E-state index in [2.05, 4.69) is 0 Å². The van der Waals surface area contributed by atoms with Crippen LogP contribution in [0.25, 0.3) is 0 Å². The molecule has 5 nitrogen and oxygen atoms in total. The Labute approximate surface area is 170 Å². The third-order valence-electron chi connectivity index (χ3n) is 4.72. The molecule has 0 aliphatic carbocycles. The first-order chi connectivity index (χ1) is 14.2. The van der Waals surface area contributed by atoms with Crippen molar-refractivity contribution in [2.75, 3.05) is 20.2 Å². The molecule has 3 aromatic rings. The molecule has 0 N–H and O–H groups in total. The Balaban J connectivity index is 1.36. The number of hydrogen-bond donors (Lipinski definition) is 0. The van der Waals surface area contributed by atoms with Crippen molar-refractivity contribution in [3.05, 3.63) is 90.0 Å². The molecule has 1 aliphatic heterocycles. The topological polar surface area (TPSA) is 48.0 Å². The maximum absolute atomic E-state index is 12.9. The van der Waals surface area contributed by atoms with Crippen LogP contribution in [-0.4, -0.2) is 37.1 Å². The first kappa shape index (κ1) is 18.9. The quantitative estimate of drug-likeness (QED) is 0.635. The molecule has 148 valence electrons. The number of fused-ring (bicyclic) bond motifs is 1. The highest BCUT2D eigenvalue weighted by molar-refractivity contribution is 5.94.